The fraction of sp³-hybridized carbons (Fsp3) is 0.500. The maximum absolute atomic E-state index is 14.1. The number of Topliss-reactive ketones (excluding diaryl/α,β-unsaturated/α-hetero) is 1. The first-order chi connectivity index (χ1) is 16.5. The van der Waals surface area contributed by atoms with Gasteiger partial charge in [-0.05, 0) is 45.2 Å². The van der Waals surface area contributed by atoms with Crippen molar-refractivity contribution >= 4 is 45.5 Å². The van der Waals surface area contributed by atoms with Crippen LogP contribution in [0.5, 0.6) is 0 Å². The third kappa shape index (κ3) is 3.76. The van der Waals surface area contributed by atoms with E-state index in [1.807, 2.05) is 0 Å². The molecule has 4 heterocycles. The summed E-state index contributed by atoms with van der Waals surface area (Å²) < 4.78 is 0. The van der Waals surface area contributed by atoms with Gasteiger partial charge in [0.05, 0.1) is 22.4 Å². The molecule has 0 bridgehead atoms. The van der Waals surface area contributed by atoms with E-state index in [2.05, 4.69) is 28.2 Å². The molecular formula is C24H29N7OS2. The SMILES string of the molecule is C[C@H]1CNCCCN1c1nccc(C(N)=C2CSCC3(CCCc4sc(N)c(C#N)c43)C2=O)n1. The first-order valence-electron chi connectivity index (χ1n) is 11.7. The number of aryl methyl sites for hydroxylation is 1. The monoisotopic (exact) mass is 495 g/mol. The van der Waals surface area contributed by atoms with Crippen LogP contribution in [0.2, 0.25) is 0 Å². The second-order valence-corrected chi connectivity index (χ2v) is 11.4. The molecular weight excluding hydrogens is 466 g/mol. The summed E-state index contributed by atoms with van der Waals surface area (Å²) in [6.07, 6.45) is 5.20. The number of aromatic nitrogens is 2. The second-order valence-electron chi connectivity index (χ2n) is 9.24. The molecule has 2 saturated heterocycles. The predicted molar refractivity (Wildman–Crippen MR) is 138 cm³/mol. The second kappa shape index (κ2) is 9.21. The number of hydrogen-bond donors (Lipinski definition) is 3. The lowest BCUT2D eigenvalue weighted by molar-refractivity contribution is -0.120. The molecule has 5 rings (SSSR count). The number of nitrogens with one attached hydrogen (secondary N) is 1. The Morgan fingerprint density at radius 3 is 3.09 bits per heavy atom. The van der Waals surface area contributed by atoms with Gasteiger partial charge in [0.2, 0.25) is 5.95 Å². The Kier molecular flexibility index (Phi) is 6.27. The van der Waals surface area contributed by atoms with Crippen molar-refractivity contribution in [2.45, 2.75) is 44.1 Å². The zero-order valence-corrected chi connectivity index (χ0v) is 20.9. The minimum atomic E-state index is -0.740. The van der Waals surface area contributed by atoms with E-state index in [-0.39, 0.29) is 11.8 Å². The molecule has 34 heavy (non-hydrogen) atoms. The van der Waals surface area contributed by atoms with Gasteiger partial charge in [-0.25, -0.2) is 9.97 Å². The zero-order chi connectivity index (χ0) is 23.9. The number of nitrogens with zero attached hydrogens (tertiary/aromatic N) is 4. The van der Waals surface area contributed by atoms with Gasteiger partial charge in [0.15, 0.2) is 5.78 Å². The Morgan fingerprint density at radius 2 is 2.26 bits per heavy atom. The van der Waals surface area contributed by atoms with Gasteiger partial charge in [0.25, 0.3) is 0 Å². The van der Waals surface area contributed by atoms with Crippen molar-refractivity contribution in [3.63, 3.8) is 0 Å². The number of rotatable bonds is 2. The first-order valence-corrected chi connectivity index (χ1v) is 13.7. The van der Waals surface area contributed by atoms with E-state index >= 15 is 0 Å². The molecule has 5 N–H and O–H groups in total. The topological polar surface area (TPSA) is 134 Å². The smallest absolute Gasteiger partial charge is 0.226 e. The Morgan fingerprint density at radius 1 is 1.41 bits per heavy atom. The largest absolute Gasteiger partial charge is 0.397 e. The highest BCUT2D eigenvalue weighted by molar-refractivity contribution is 7.99. The lowest BCUT2D eigenvalue weighted by Gasteiger charge is -2.40. The summed E-state index contributed by atoms with van der Waals surface area (Å²) in [5, 5.41) is 13.8. The molecule has 0 radical (unpaired) electrons. The number of thioether (sulfide) groups is 1. The van der Waals surface area contributed by atoms with E-state index in [9.17, 15) is 10.1 Å². The normalized spacial score (nSPS) is 26.6. The molecule has 2 fully saturated rings. The molecule has 10 heteroatoms. The van der Waals surface area contributed by atoms with Gasteiger partial charge in [0, 0.05) is 52.8 Å². The van der Waals surface area contributed by atoms with Crippen LogP contribution >= 0.6 is 23.1 Å². The number of anilines is 2. The van der Waals surface area contributed by atoms with Crippen LogP contribution in [0.3, 0.4) is 0 Å². The molecule has 2 aliphatic heterocycles. The van der Waals surface area contributed by atoms with E-state index in [0.717, 1.165) is 49.3 Å². The quantitative estimate of drug-likeness (QED) is 0.537. The first kappa shape index (κ1) is 23.1. The van der Waals surface area contributed by atoms with Crippen LogP contribution in [0.1, 0.15) is 47.9 Å². The van der Waals surface area contributed by atoms with Crippen molar-refractivity contribution in [1.82, 2.24) is 15.3 Å². The lowest BCUT2D eigenvalue weighted by atomic mass is 9.67. The highest BCUT2D eigenvalue weighted by Crippen LogP contribution is 2.51. The van der Waals surface area contributed by atoms with Crippen molar-refractivity contribution in [3.05, 3.63) is 39.5 Å². The molecule has 1 spiro atoms. The molecule has 2 aromatic heterocycles. The number of carbonyl (C=O) groups is 1. The van der Waals surface area contributed by atoms with Crippen LogP contribution in [-0.4, -0.2) is 52.9 Å². The number of fused-ring (bicyclic) bond motifs is 2. The number of nitrogen functional groups attached to an aromatic ring is 1. The van der Waals surface area contributed by atoms with Crippen LogP contribution < -0.4 is 21.7 Å². The summed E-state index contributed by atoms with van der Waals surface area (Å²) in [6, 6.07) is 4.31. The van der Waals surface area contributed by atoms with E-state index in [1.54, 1.807) is 24.0 Å². The van der Waals surface area contributed by atoms with Crippen LogP contribution in [0, 0.1) is 11.3 Å². The number of hydrogen-bond acceptors (Lipinski definition) is 10. The minimum Gasteiger partial charge on any atom is -0.397 e. The van der Waals surface area contributed by atoms with Gasteiger partial charge in [-0.2, -0.15) is 17.0 Å². The maximum Gasteiger partial charge on any atom is 0.226 e. The summed E-state index contributed by atoms with van der Waals surface area (Å²) in [5.41, 5.74) is 15.0. The van der Waals surface area contributed by atoms with Crippen LogP contribution in [-0.2, 0) is 16.6 Å². The Balaban J connectivity index is 1.54. The van der Waals surface area contributed by atoms with Gasteiger partial charge in [0.1, 0.15) is 11.1 Å². The van der Waals surface area contributed by atoms with Crippen molar-refractivity contribution in [3.8, 4) is 6.07 Å². The van der Waals surface area contributed by atoms with E-state index in [0.29, 0.717) is 51.4 Å². The molecule has 1 aliphatic carbocycles. The summed E-state index contributed by atoms with van der Waals surface area (Å²) in [7, 11) is 0. The van der Waals surface area contributed by atoms with Gasteiger partial charge in [-0.15, -0.1) is 11.3 Å². The van der Waals surface area contributed by atoms with E-state index in [4.69, 9.17) is 16.5 Å². The van der Waals surface area contributed by atoms with Gasteiger partial charge >= 0.3 is 0 Å². The Hall–Kier alpha value is -2.61. The molecule has 0 saturated carbocycles. The molecule has 178 valence electrons. The molecule has 1 unspecified atom stereocenters. The highest BCUT2D eigenvalue weighted by Gasteiger charge is 2.50. The number of ketones is 1. The summed E-state index contributed by atoms with van der Waals surface area (Å²) in [5.74, 6) is 1.84. The Labute approximate surface area is 207 Å². The molecule has 3 aliphatic rings. The summed E-state index contributed by atoms with van der Waals surface area (Å²) in [6.45, 7) is 4.86. The highest BCUT2D eigenvalue weighted by atomic mass is 32.2. The number of thiophene rings is 1. The van der Waals surface area contributed by atoms with Gasteiger partial charge in [-0.3, -0.25) is 4.79 Å². The van der Waals surface area contributed by atoms with Gasteiger partial charge in [-0.1, -0.05) is 0 Å². The number of carbonyl (C=O) groups excluding carboxylic acids is 1. The summed E-state index contributed by atoms with van der Waals surface area (Å²) in [4.78, 5) is 26.6. The molecule has 8 nitrogen and oxygen atoms in total. The standard InChI is InChI=1S/C24H29N7OS2/c1-14-11-28-7-3-9-31(14)23-29-8-5-17(30-23)20(26)16-12-33-13-24(21(16)32)6-2-4-18-19(24)15(10-25)22(27)34-18/h5,8,14,28H,2-4,6-7,9,11-13,26-27H2,1H3/t14-,24?/m0/s1. The van der Waals surface area contributed by atoms with Crippen LogP contribution in [0.25, 0.3) is 5.70 Å². The lowest BCUT2D eigenvalue weighted by Crippen LogP contribution is -2.46. The average Bonchev–Trinajstić information content (AvgIpc) is 3.03. The molecule has 2 aromatic rings. The maximum atomic E-state index is 14.1. The average molecular weight is 496 g/mol. The minimum absolute atomic E-state index is 0.0199. The third-order valence-electron chi connectivity index (χ3n) is 7.13. The van der Waals surface area contributed by atoms with Crippen molar-refractivity contribution in [2.24, 2.45) is 5.73 Å². The van der Waals surface area contributed by atoms with Crippen molar-refractivity contribution < 1.29 is 4.79 Å². The fourth-order valence-corrected chi connectivity index (χ4v) is 7.91. The van der Waals surface area contributed by atoms with Crippen molar-refractivity contribution in [1.29, 1.82) is 5.26 Å². The zero-order valence-electron chi connectivity index (χ0n) is 19.3. The van der Waals surface area contributed by atoms with Crippen molar-refractivity contribution in [2.75, 3.05) is 41.8 Å². The fourth-order valence-electron chi connectivity index (χ4n) is 5.39. The predicted octanol–water partition coefficient (Wildman–Crippen LogP) is 2.44. The summed E-state index contributed by atoms with van der Waals surface area (Å²) >= 11 is 3.15. The van der Waals surface area contributed by atoms with Crippen LogP contribution in [0.4, 0.5) is 10.9 Å². The molecule has 0 amide bonds. The number of nitriles is 1. The number of nitrogens with two attached hydrogens (primary N) is 2. The third-order valence-corrected chi connectivity index (χ3v) is 9.40. The van der Waals surface area contributed by atoms with E-state index in [1.165, 1.54) is 11.3 Å². The molecule has 0 aromatic carbocycles. The Bertz CT molecular complexity index is 1200. The van der Waals surface area contributed by atoms with Crippen LogP contribution in [0.15, 0.2) is 17.8 Å². The van der Waals surface area contributed by atoms with E-state index < -0.39 is 5.41 Å². The molecule has 2 atom stereocenters. The van der Waals surface area contributed by atoms with Gasteiger partial charge < -0.3 is 21.7 Å².